The van der Waals surface area contributed by atoms with Gasteiger partial charge in [-0.2, -0.15) is 0 Å². The van der Waals surface area contributed by atoms with Crippen molar-refractivity contribution in [3.8, 4) is 0 Å². The summed E-state index contributed by atoms with van der Waals surface area (Å²) in [6, 6.07) is -1.84. The van der Waals surface area contributed by atoms with Gasteiger partial charge in [0.05, 0.1) is 19.6 Å². The normalized spacial score (nSPS) is 21.3. The quantitative estimate of drug-likeness (QED) is 0.435. The maximum atomic E-state index is 11.2. The first kappa shape index (κ1) is 15.3. The molecule has 1 aliphatic rings. The Kier molecular flexibility index (Phi) is 4.81. The van der Waals surface area contributed by atoms with Crippen LogP contribution in [0.2, 0.25) is 0 Å². The number of rotatable bonds is 6. The van der Waals surface area contributed by atoms with Crippen molar-refractivity contribution < 1.29 is 39.5 Å². The highest BCUT2D eigenvalue weighted by atomic mass is 16.5. The summed E-state index contributed by atoms with van der Waals surface area (Å²) in [5, 5.41) is 36.8. The molecule has 9 nitrogen and oxygen atoms in total. The summed E-state index contributed by atoms with van der Waals surface area (Å²) in [4.78, 5) is 34.2. The summed E-state index contributed by atoms with van der Waals surface area (Å²) >= 11 is 0. The van der Waals surface area contributed by atoms with Crippen LogP contribution in [0.1, 0.15) is 6.42 Å². The lowest BCUT2D eigenvalue weighted by atomic mass is 9.89. The zero-order valence-electron chi connectivity index (χ0n) is 9.98. The van der Waals surface area contributed by atoms with Gasteiger partial charge in [-0.3, -0.25) is 14.5 Å². The third-order valence-corrected chi connectivity index (χ3v) is 2.89. The smallest absolute Gasteiger partial charge is 0.338 e. The molecule has 0 amide bonds. The first-order chi connectivity index (χ1) is 8.79. The SMILES string of the molecule is O=C(O)CC(O)(C(=O)O)C(C(=O)O)N1CCOCC1. The second-order valence-corrected chi connectivity index (χ2v) is 4.19. The van der Waals surface area contributed by atoms with Crippen LogP contribution < -0.4 is 0 Å². The number of carboxylic acids is 3. The average molecular weight is 277 g/mol. The van der Waals surface area contributed by atoms with E-state index in [1.807, 2.05) is 0 Å². The highest BCUT2D eigenvalue weighted by molar-refractivity contribution is 5.91. The van der Waals surface area contributed by atoms with E-state index in [0.29, 0.717) is 0 Å². The molecule has 1 heterocycles. The number of carboxylic acid groups (broad SMARTS) is 3. The summed E-state index contributed by atoms with van der Waals surface area (Å²) in [6.45, 7) is 0.581. The van der Waals surface area contributed by atoms with Crippen molar-refractivity contribution in [3.63, 3.8) is 0 Å². The van der Waals surface area contributed by atoms with Gasteiger partial charge in [0.1, 0.15) is 6.04 Å². The van der Waals surface area contributed by atoms with Gasteiger partial charge in [-0.25, -0.2) is 4.79 Å². The van der Waals surface area contributed by atoms with E-state index in [2.05, 4.69) is 0 Å². The van der Waals surface area contributed by atoms with Gasteiger partial charge in [-0.15, -0.1) is 0 Å². The van der Waals surface area contributed by atoms with Crippen LogP contribution in [-0.2, 0) is 19.1 Å². The van der Waals surface area contributed by atoms with E-state index in [-0.39, 0.29) is 26.3 Å². The summed E-state index contributed by atoms with van der Waals surface area (Å²) in [7, 11) is 0. The molecule has 0 aromatic heterocycles. The fraction of sp³-hybridized carbons (Fsp3) is 0.700. The molecule has 0 aliphatic carbocycles. The van der Waals surface area contributed by atoms with E-state index in [9.17, 15) is 19.5 Å². The van der Waals surface area contributed by atoms with Crippen molar-refractivity contribution in [2.75, 3.05) is 26.3 Å². The summed E-state index contributed by atoms with van der Waals surface area (Å²) in [6.07, 6.45) is -1.20. The standard InChI is InChI=1S/C10H15NO8/c12-6(13)5-10(18,9(16)17)7(8(14)15)11-1-3-19-4-2-11/h7,18H,1-5H2,(H,12,13)(H,14,15)(H,16,17). The maximum absolute atomic E-state index is 11.2. The third kappa shape index (κ3) is 3.40. The monoisotopic (exact) mass is 277 g/mol. The van der Waals surface area contributed by atoms with Crippen molar-refractivity contribution in [2.45, 2.75) is 18.1 Å². The number of ether oxygens (including phenoxy) is 1. The van der Waals surface area contributed by atoms with E-state index >= 15 is 0 Å². The number of aliphatic carboxylic acids is 3. The van der Waals surface area contributed by atoms with Gasteiger partial charge in [0, 0.05) is 13.1 Å². The van der Waals surface area contributed by atoms with E-state index in [4.69, 9.17) is 20.1 Å². The molecule has 0 radical (unpaired) electrons. The van der Waals surface area contributed by atoms with Gasteiger partial charge < -0.3 is 25.2 Å². The minimum Gasteiger partial charge on any atom is -0.481 e. The molecule has 9 heteroatoms. The van der Waals surface area contributed by atoms with Crippen LogP contribution in [0.15, 0.2) is 0 Å². The first-order valence-corrected chi connectivity index (χ1v) is 5.51. The third-order valence-electron chi connectivity index (χ3n) is 2.89. The summed E-state index contributed by atoms with van der Waals surface area (Å²) in [5.41, 5.74) is -2.89. The highest BCUT2D eigenvalue weighted by Crippen LogP contribution is 2.23. The van der Waals surface area contributed by atoms with Crippen molar-refractivity contribution >= 4 is 17.9 Å². The van der Waals surface area contributed by atoms with Crippen LogP contribution in [-0.4, -0.2) is 81.2 Å². The predicted octanol–water partition coefficient (Wildman–Crippen LogP) is -1.94. The zero-order chi connectivity index (χ0) is 14.6. The van der Waals surface area contributed by atoms with E-state index in [1.165, 1.54) is 4.90 Å². The molecule has 1 fully saturated rings. The van der Waals surface area contributed by atoms with E-state index in [1.54, 1.807) is 0 Å². The maximum Gasteiger partial charge on any atom is 0.338 e. The Morgan fingerprint density at radius 1 is 1.16 bits per heavy atom. The molecule has 108 valence electrons. The number of morpholine rings is 1. The largest absolute Gasteiger partial charge is 0.481 e. The Hall–Kier alpha value is -1.71. The Bertz CT molecular complexity index is 378. The van der Waals surface area contributed by atoms with E-state index < -0.39 is 36.0 Å². The molecule has 1 rings (SSSR count). The van der Waals surface area contributed by atoms with Gasteiger partial charge in [0.15, 0.2) is 5.60 Å². The zero-order valence-corrected chi connectivity index (χ0v) is 9.98. The Labute approximate surface area is 108 Å². The molecule has 1 saturated heterocycles. The van der Waals surface area contributed by atoms with Crippen molar-refractivity contribution in [1.29, 1.82) is 0 Å². The van der Waals surface area contributed by atoms with Crippen molar-refractivity contribution in [3.05, 3.63) is 0 Å². The van der Waals surface area contributed by atoms with Gasteiger partial charge in [-0.1, -0.05) is 0 Å². The molecular formula is C10H15NO8. The van der Waals surface area contributed by atoms with Crippen molar-refractivity contribution in [2.24, 2.45) is 0 Å². The van der Waals surface area contributed by atoms with Gasteiger partial charge in [0.2, 0.25) is 0 Å². The van der Waals surface area contributed by atoms with Gasteiger partial charge in [0.25, 0.3) is 0 Å². The first-order valence-electron chi connectivity index (χ1n) is 5.51. The molecule has 2 atom stereocenters. The minimum atomic E-state index is -2.89. The fourth-order valence-electron chi connectivity index (χ4n) is 2.02. The average Bonchev–Trinajstić information content (AvgIpc) is 2.28. The lowest BCUT2D eigenvalue weighted by Gasteiger charge is -2.38. The number of hydrogen-bond acceptors (Lipinski definition) is 6. The highest BCUT2D eigenvalue weighted by Gasteiger charge is 2.53. The van der Waals surface area contributed by atoms with Crippen LogP contribution >= 0.6 is 0 Å². The number of carbonyl (C=O) groups is 3. The molecule has 0 aromatic rings. The predicted molar refractivity (Wildman–Crippen MR) is 58.7 cm³/mol. The molecule has 1 aliphatic heterocycles. The van der Waals surface area contributed by atoms with Gasteiger partial charge >= 0.3 is 17.9 Å². The van der Waals surface area contributed by atoms with Gasteiger partial charge in [-0.05, 0) is 0 Å². The second kappa shape index (κ2) is 5.95. The second-order valence-electron chi connectivity index (χ2n) is 4.19. The molecule has 19 heavy (non-hydrogen) atoms. The van der Waals surface area contributed by atoms with Crippen molar-refractivity contribution in [1.82, 2.24) is 4.90 Å². The van der Waals surface area contributed by atoms with Crippen LogP contribution in [0, 0.1) is 0 Å². The lowest BCUT2D eigenvalue weighted by Crippen LogP contribution is -2.63. The van der Waals surface area contributed by atoms with E-state index in [0.717, 1.165) is 0 Å². The van der Waals surface area contributed by atoms with Crippen LogP contribution in [0.25, 0.3) is 0 Å². The number of nitrogens with zero attached hydrogens (tertiary/aromatic N) is 1. The number of hydrogen-bond donors (Lipinski definition) is 4. The Balaban J connectivity index is 3.07. The molecular weight excluding hydrogens is 262 g/mol. The molecule has 0 spiro atoms. The summed E-state index contributed by atoms with van der Waals surface area (Å²) in [5.74, 6) is -5.06. The lowest BCUT2D eigenvalue weighted by molar-refractivity contribution is -0.184. The molecule has 0 aromatic carbocycles. The van der Waals surface area contributed by atoms with Crippen LogP contribution in [0.5, 0.6) is 0 Å². The molecule has 0 saturated carbocycles. The number of aliphatic hydroxyl groups is 1. The molecule has 2 unspecified atom stereocenters. The Morgan fingerprint density at radius 2 is 1.68 bits per heavy atom. The minimum absolute atomic E-state index is 0.103. The van der Waals surface area contributed by atoms with Crippen LogP contribution in [0.4, 0.5) is 0 Å². The Morgan fingerprint density at radius 3 is 2.05 bits per heavy atom. The summed E-state index contributed by atoms with van der Waals surface area (Å²) < 4.78 is 5.00. The molecule has 0 bridgehead atoms. The fourth-order valence-corrected chi connectivity index (χ4v) is 2.02. The topological polar surface area (TPSA) is 145 Å². The van der Waals surface area contributed by atoms with Crippen LogP contribution in [0.3, 0.4) is 0 Å². The molecule has 4 N–H and O–H groups in total.